The second kappa shape index (κ2) is 8.93. The standard InChI is InChI=1S/C15H31NO/c1-4-5-6-7-8-14(3)17-12-13(2)11-16-15-9-10-15/h13-16H,4-12H2,1-3H3. The van der Waals surface area contributed by atoms with Crippen LogP contribution in [0.25, 0.3) is 0 Å². The van der Waals surface area contributed by atoms with E-state index in [1.807, 2.05) is 0 Å². The highest BCUT2D eigenvalue weighted by Gasteiger charge is 2.20. The minimum Gasteiger partial charge on any atom is -0.378 e. The molecule has 0 aromatic heterocycles. The number of hydrogen-bond acceptors (Lipinski definition) is 2. The Morgan fingerprint density at radius 1 is 1.18 bits per heavy atom. The average Bonchev–Trinajstić information content (AvgIpc) is 3.13. The predicted octanol–water partition coefficient (Wildman–Crippen LogP) is 3.75. The van der Waals surface area contributed by atoms with Gasteiger partial charge >= 0.3 is 0 Å². The van der Waals surface area contributed by atoms with Crippen LogP contribution in [0.2, 0.25) is 0 Å². The molecule has 2 atom stereocenters. The minimum absolute atomic E-state index is 0.440. The van der Waals surface area contributed by atoms with Crippen molar-refractivity contribution in [3.05, 3.63) is 0 Å². The normalized spacial score (nSPS) is 19.2. The molecule has 1 aliphatic rings. The summed E-state index contributed by atoms with van der Waals surface area (Å²) in [4.78, 5) is 0. The van der Waals surface area contributed by atoms with E-state index in [0.29, 0.717) is 12.0 Å². The van der Waals surface area contributed by atoms with Gasteiger partial charge in [-0.3, -0.25) is 0 Å². The van der Waals surface area contributed by atoms with E-state index >= 15 is 0 Å². The van der Waals surface area contributed by atoms with Gasteiger partial charge in [0.2, 0.25) is 0 Å². The SMILES string of the molecule is CCCCCCC(C)OCC(C)CNC1CC1. The molecule has 0 radical (unpaired) electrons. The van der Waals surface area contributed by atoms with Gasteiger partial charge in [0.15, 0.2) is 0 Å². The van der Waals surface area contributed by atoms with E-state index in [1.54, 1.807) is 0 Å². The fourth-order valence-corrected chi connectivity index (χ4v) is 1.98. The molecule has 0 amide bonds. The van der Waals surface area contributed by atoms with Crippen molar-refractivity contribution < 1.29 is 4.74 Å². The smallest absolute Gasteiger partial charge is 0.0547 e. The zero-order valence-corrected chi connectivity index (χ0v) is 12.0. The van der Waals surface area contributed by atoms with E-state index in [1.165, 1.54) is 44.9 Å². The number of hydrogen-bond donors (Lipinski definition) is 1. The molecule has 102 valence electrons. The molecule has 2 unspecified atom stereocenters. The maximum atomic E-state index is 5.90. The third kappa shape index (κ3) is 8.62. The fourth-order valence-electron chi connectivity index (χ4n) is 1.98. The Morgan fingerprint density at radius 3 is 2.59 bits per heavy atom. The van der Waals surface area contributed by atoms with E-state index in [4.69, 9.17) is 4.74 Å². The van der Waals surface area contributed by atoms with Crippen molar-refractivity contribution >= 4 is 0 Å². The maximum Gasteiger partial charge on any atom is 0.0547 e. The third-order valence-electron chi connectivity index (χ3n) is 3.46. The second-order valence-electron chi connectivity index (χ2n) is 5.78. The van der Waals surface area contributed by atoms with Gasteiger partial charge in [-0.1, -0.05) is 39.5 Å². The van der Waals surface area contributed by atoms with Crippen molar-refractivity contribution in [3.63, 3.8) is 0 Å². The lowest BCUT2D eigenvalue weighted by atomic mass is 10.1. The largest absolute Gasteiger partial charge is 0.378 e. The van der Waals surface area contributed by atoms with Gasteiger partial charge in [-0.25, -0.2) is 0 Å². The highest BCUT2D eigenvalue weighted by Crippen LogP contribution is 2.18. The molecule has 1 rings (SSSR count). The molecule has 1 saturated carbocycles. The van der Waals surface area contributed by atoms with Crippen LogP contribution in [-0.2, 0) is 4.74 Å². The lowest BCUT2D eigenvalue weighted by Gasteiger charge is -2.17. The van der Waals surface area contributed by atoms with Crippen LogP contribution in [-0.4, -0.2) is 25.3 Å². The first-order chi connectivity index (χ1) is 8.22. The van der Waals surface area contributed by atoms with Crippen LogP contribution in [0.15, 0.2) is 0 Å². The van der Waals surface area contributed by atoms with Crippen LogP contribution in [0, 0.1) is 5.92 Å². The van der Waals surface area contributed by atoms with Gasteiger partial charge < -0.3 is 10.1 Å². The summed E-state index contributed by atoms with van der Waals surface area (Å²) in [7, 11) is 0. The van der Waals surface area contributed by atoms with Crippen molar-refractivity contribution in [2.75, 3.05) is 13.2 Å². The van der Waals surface area contributed by atoms with E-state index in [9.17, 15) is 0 Å². The van der Waals surface area contributed by atoms with E-state index < -0.39 is 0 Å². The second-order valence-corrected chi connectivity index (χ2v) is 5.78. The lowest BCUT2D eigenvalue weighted by Crippen LogP contribution is -2.27. The molecule has 0 spiro atoms. The molecule has 0 saturated heterocycles. The Morgan fingerprint density at radius 2 is 1.94 bits per heavy atom. The fraction of sp³-hybridized carbons (Fsp3) is 1.00. The topological polar surface area (TPSA) is 21.3 Å². The molecule has 1 N–H and O–H groups in total. The van der Waals surface area contributed by atoms with Gasteiger partial charge in [0.25, 0.3) is 0 Å². The highest BCUT2D eigenvalue weighted by molar-refractivity contribution is 4.81. The Bertz CT molecular complexity index is 180. The summed E-state index contributed by atoms with van der Waals surface area (Å²) >= 11 is 0. The summed E-state index contributed by atoms with van der Waals surface area (Å²) in [6.07, 6.45) is 9.79. The highest BCUT2D eigenvalue weighted by atomic mass is 16.5. The molecular formula is C15H31NO. The van der Waals surface area contributed by atoms with Crippen molar-refractivity contribution in [1.82, 2.24) is 5.32 Å². The summed E-state index contributed by atoms with van der Waals surface area (Å²) in [5.74, 6) is 0.647. The van der Waals surface area contributed by atoms with Crippen LogP contribution in [0.5, 0.6) is 0 Å². The number of rotatable bonds is 11. The number of ether oxygens (including phenoxy) is 1. The third-order valence-corrected chi connectivity index (χ3v) is 3.46. The monoisotopic (exact) mass is 241 g/mol. The maximum absolute atomic E-state index is 5.90. The van der Waals surface area contributed by atoms with Crippen molar-refractivity contribution in [2.24, 2.45) is 5.92 Å². The minimum atomic E-state index is 0.440. The van der Waals surface area contributed by atoms with E-state index in [0.717, 1.165) is 19.2 Å². The van der Waals surface area contributed by atoms with Crippen molar-refractivity contribution in [3.8, 4) is 0 Å². The molecule has 1 fully saturated rings. The average molecular weight is 241 g/mol. The van der Waals surface area contributed by atoms with Gasteiger partial charge in [0.1, 0.15) is 0 Å². The molecule has 17 heavy (non-hydrogen) atoms. The molecular weight excluding hydrogens is 210 g/mol. The number of unbranched alkanes of at least 4 members (excludes halogenated alkanes) is 3. The first-order valence-electron chi connectivity index (χ1n) is 7.57. The van der Waals surface area contributed by atoms with Gasteiger partial charge in [-0.05, 0) is 32.1 Å². The van der Waals surface area contributed by atoms with Gasteiger partial charge in [-0.15, -0.1) is 0 Å². The summed E-state index contributed by atoms with van der Waals surface area (Å²) in [5.41, 5.74) is 0. The summed E-state index contributed by atoms with van der Waals surface area (Å²) in [5, 5.41) is 3.56. The van der Waals surface area contributed by atoms with E-state index in [-0.39, 0.29) is 0 Å². The van der Waals surface area contributed by atoms with E-state index in [2.05, 4.69) is 26.1 Å². The van der Waals surface area contributed by atoms with Gasteiger partial charge in [0, 0.05) is 12.6 Å². The van der Waals surface area contributed by atoms with Crippen LogP contribution in [0.4, 0.5) is 0 Å². The van der Waals surface area contributed by atoms with Crippen LogP contribution in [0.1, 0.15) is 65.7 Å². The molecule has 2 heteroatoms. The Balaban J connectivity index is 1.88. The predicted molar refractivity (Wildman–Crippen MR) is 74.4 cm³/mol. The molecule has 0 aromatic carbocycles. The quantitative estimate of drug-likeness (QED) is 0.556. The first-order valence-corrected chi connectivity index (χ1v) is 7.57. The number of nitrogens with one attached hydrogen (secondary N) is 1. The van der Waals surface area contributed by atoms with Gasteiger partial charge in [-0.2, -0.15) is 0 Å². The van der Waals surface area contributed by atoms with Crippen LogP contribution >= 0.6 is 0 Å². The lowest BCUT2D eigenvalue weighted by molar-refractivity contribution is 0.0374. The molecule has 0 aliphatic heterocycles. The Hall–Kier alpha value is -0.0800. The van der Waals surface area contributed by atoms with Crippen LogP contribution in [0.3, 0.4) is 0 Å². The summed E-state index contributed by atoms with van der Waals surface area (Å²) in [6.45, 7) is 8.78. The van der Waals surface area contributed by atoms with Crippen LogP contribution < -0.4 is 5.32 Å². The Kier molecular flexibility index (Phi) is 7.87. The molecule has 0 aromatic rings. The molecule has 0 bridgehead atoms. The molecule has 2 nitrogen and oxygen atoms in total. The van der Waals surface area contributed by atoms with Crippen molar-refractivity contribution in [2.45, 2.75) is 77.9 Å². The summed E-state index contributed by atoms with van der Waals surface area (Å²) in [6, 6.07) is 0.823. The Labute approximate surface area is 108 Å². The van der Waals surface area contributed by atoms with Gasteiger partial charge in [0.05, 0.1) is 12.7 Å². The molecule has 0 heterocycles. The van der Waals surface area contributed by atoms with Crippen molar-refractivity contribution in [1.29, 1.82) is 0 Å². The summed E-state index contributed by atoms with van der Waals surface area (Å²) < 4.78 is 5.90. The first kappa shape index (κ1) is 15.0. The zero-order valence-electron chi connectivity index (χ0n) is 12.0. The zero-order chi connectivity index (χ0) is 12.5. The molecule has 1 aliphatic carbocycles.